The molecule has 0 aromatic heterocycles. The predicted molar refractivity (Wildman–Crippen MR) is 91.7 cm³/mol. The summed E-state index contributed by atoms with van der Waals surface area (Å²) in [6.07, 6.45) is 1.96. The minimum atomic E-state index is -3.61. The van der Waals surface area contributed by atoms with Crippen LogP contribution in [-0.2, 0) is 20.6 Å². The Hall–Kier alpha value is -1.11. The number of hydrogen-bond donors (Lipinski definition) is 1. The first kappa shape index (κ1) is 18.2. The fourth-order valence-corrected chi connectivity index (χ4v) is 4.24. The smallest absolute Gasteiger partial charge is 0.241 e. The van der Waals surface area contributed by atoms with Crippen LogP contribution >= 0.6 is 11.6 Å². The van der Waals surface area contributed by atoms with Crippen LogP contribution in [0.3, 0.4) is 0 Å². The zero-order valence-corrected chi connectivity index (χ0v) is 15.0. The summed E-state index contributed by atoms with van der Waals surface area (Å²) in [5, 5.41) is 0.559. The van der Waals surface area contributed by atoms with Gasteiger partial charge < -0.3 is 4.90 Å². The van der Waals surface area contributed by atoms with Crippen LogP contribution < -0.4 is 4.72 Å². The molecule has 128 valence electrons. The van der Waals surface area contributed by atoms with Crippen molar-refractivity contribution in [3.05, 3.63) is 34.9 Å². The van der Waals surface area contributed by atoms with Gasteiger partial charge in [0.2, 0.25) is 15.9 Å². The van der Waals surface area contributed by atoms with Gasteiger partial charge in [0, 0.05) is 18.1 Å². The second kappa shape index (κ2) is 7.64. The monoisotopic (exact) mass is 358 g/mol. The van der Waals surface area contributed by atoms with E-state index in [0.717, 1.165) is 12.8 Å². The summed E-state index contributed by atoms with van der Waals surface area (Å²) in [5.74, 6) is -0.402. The molecule has 0 aliphatic carbocycles. The van der Waals surface area contributed by atoms with Gasteiger partial charge in [-0.15, -0.1) is 0 Å². The van der Waals surface area contributed by atoms with Gasteiger partial charge in [-0.1, -0.05) is 37.6 Å². The number of sulfonamides is 1. The summed E-state index contributed by atoms with van der Waals surface area (Å²) in [7, 11) is -3.61. The lowest BCUT2D eigenvalue weighted by Crippen LogP contribution is -2.50. The van der Waals surface area contributed by atoms with Gasteiger partial charge in [-0.2, -0.15) is 0 Å². The fourth-order valence-electron chi connectivity index (χ4n) is 2.64. The standard InChI is InChI=1S/C16H23ClN2O3S/c1-12(2)15(16(20)19-9-3-4-10-19)18-23(21,22)11-13-5-7-14(17)8-6-13/h5-8,12,15,18H,3-4,9-11H2,1-2H3/t15-/m0/s1. The third-order valence-corrected chi connectivity index (χ3v) is 5.51. The quantitative estimate of drug-likeness (QED) is 0.849. The number of nitrogens with zero attached hydrogens (tertiary/aromatic N) is 1. The van der Waals surface area contributed by atoms with E-state index in [1.165, 1.54) is 0 Å². The summed E-state index contributed by atoms with van der Waals surface area (Å²) in [6, 6.07) is 5.94. The highest BCUT2D eigenvalue weighted by molar-refractivity contribution is 7.88. The van der Waals surface area contributed by atoms with Gasteiger partial charge in [-0.25, -0.2) is 13.1 Å². The molecule has 1 atom stereocenters. The first-order valence-electron chi connectivity index (χ1n) is 7.82. The molecule has 0 saturated carbocycles. The first-order chi connectivity index (χ1) is 10.8. The normalized spacial score (nSPS) is 16.8. The first-order valence-corrected chi connectivity index (χ1v) is 9.85. The highest BCUT2D eigenvalue weighted by atomic mass is 35.5. The van der Waals surface area contributed by atoms with Crippen molar-refractivity contribution in [3.63, 3.8) is 0 Å². The van der Waals surface area contributed by atoms with Gasteiger partial charge in [-0.3, -0.25) is 4.79 Å². The van der Waals surface area contributed by atoms with Crippen molar-refractivity contribution in [2.75, 3.05) is 13.1 Å². The van der Waals surface area contributed by atoms with Gasteiger partial charge in [0.1, 0.15) is 6.04 Å². The molecular formula is C16H23ClN2O3S. The molecule has 1 N–H and O–H groups in total. The second-order valence-electron chi connectivity index (χ2n) is 6.26. The van der Waals surface area contributed by atoms with Crippen LogP contribution in [0.1, 0.15) is 32.3 Å². The Kier molecular flexibility index (Phi) is 6.06. The van der Waals surface area contributed by atoms with Crippen LogP contribution in [0, 0.1) is 5.92 Å². The van der Waals surface area contributed by atoms with Crippen molar-refractivity contribution in [3.8, 4) is 0 Å². The highest BCUT2D eigenvalue weighted by Gasteiger charge is 2.32. The average Bonchev–Trinajstić information content (AvgIpc) is 3.00. The van der Waals surface area contributed by atoms with E-state index in [1.807, 2.05) is 13.8 Å². The lowest BCUT2D eigenvalue weighted by molar-refractivity contribution is -0.132. The van der Waals surface area contributed by atoms with E-state index >= 15 is 0 Å². The van der Waals surface area contributed by atoms with E-state index in [2.05, 4.69) is 4.72 Å². The average molecular weight is 359 g/mol. The Morgan fingerprint density at radius 2 is 1.78 bits per heavy atom. The van der Waals surface area contributed by atoms with Crippen LogP contribution in [0.15, 0.2) is 24.3 Å². The number of nitrogens with one attached hydrogen (secondary N) is 1. The van der Waals surface area contributed by atoms with Crippen LogP contribution in [0.2, 0.25) is 5.02 Å². The van der Waals surface area contributed by atoms with E-state index in [1.54, 1.807) is 29.2 Å². The van der Waals surface area contributed by atoms with E-state index in [-0.39, 0.29) is 17.6 Å². The number of likely N-dealkylation sites (tertiary alicyclic amines) is 1. The predicted octanol–water partition coefficient (Wildman–Crippen LogP) is 2.41. The van der Waals surface area contributed by atoms with E-state index in [4.69, 9.17) is 11.6 Å². The summed E-state index contributed by atoms with van der Waals surface area (Å²) >= 11 is 5.81. The maximum atomic E-state index is 12.5. The maximum Gasteiger partial charge on any atom is 0.241 e. The molecule has 7 heteroatoms. The zero-order chi connectivity index (χ0) is 17.0. The molecule has 1 saturated heterocycles. The van der Waals surface area contributed by atoms with Gasteiger partial charge in [-0.05, 0) is 36.5 Å². The summed E-state index contributed by atoms with van der Waals surface area (Å²) in [4.78, 5) is 14.3. The van der Waals surface area contributed by atoms with Crippen molar-refractivity contribution in [1.29, 1.82) is 0 Å². The molecule has 1 aromatic carbocycles. The minimum absolute atomic E-state index is 0.108. The van der Waals surface area contributed by atoms with Crippen molar-refractivity contribution in [1.82, 2.24) is 9.62 Å². The van der Waals surface area contributed by atoms with Crippen molar-refractivity contribution in [2.24, 2.45) is 5.92 Å². The molecule has 5 nitrogen and oxygen atoms in total. The van der Waals surface area contributed by atoms with Crippen LogP contribution in [0.25, 0.3) is 0 Å². The van der Waals surface area contributed by atoms with Crippen molar-refractivity contribution >= 4 is 27.5 Å². The van der Waals surface area contributed by atoms with Gasteiger partial charge in [0.25, 0.3) is 0 Å². The van der Waals surface area contributed by atoms with E-state index in [9.17, 15) is 13.2 Å². The minimum Gasteiger partial charge on any atom is -0.341 e. The SMILES string of the molecule is CC(C)[C@H](NS(=O)(=O)Cc1ccc(Cl)cc1)C(=O)N1CCCC1. The van der Waals surface area contributed by atoms with E-state index < -0.39 is 16.1 Å². The molecule has 1 aliphatic rings. The van der Waals surface area contributed by atoms with Crippen LogP contribution in [0.4, 0.5) is 0 Å². The molecule has 1 aliphatic heterocycles. The third kappa shape index (κ3) is 5.19. The number of hydrogen-bond acceptors (Lipinski definition) is 3. The van der Waals surface area contributed by atoms with Crippen molar-refractivity contribution < 1.29 is 13.2 Å². The Bertz CT molecular complexity index is 638. The Labute approximate surface area is 143 Å². The summed E-state index contributed by atoms with van der Waals surface area (Å²) < 4.78 is 27.4. The highest BCUT2D eigenvalue weighted by Crippen LogP contribution is 2.16. The zero-order valence-electron chi connectivity index (χ0n) is 13.5. The molecule has 1 aromatic rings. The second-order valence-corrected chi connectivity index (χ2v) is 8.45. The topological polar surface area (TPSA) is 66.5 Å². The maximum absolute atomic E-state index is 12.5. The number of carbonyl (C=O) groups is 1. The molecule has 2 rings (SSSR count). The molecule has 1 fully saturated rings. The van der Waals surface area contributed by atoms with Gasteiger partial charge in [0.05, 0.1) is 5.75 Å². The molecule has 0 radical (unpaired) electrons. The molecule has 23 heavy (non-hydrogen) atoms. The van der Waals surface area contributed by atoms with Gasteiger partial charge in [0.15, 0.2) is 0 Å². The third-order valence-electron chi connectivity index (χ3n) is 3.93. The number of rotatable bonds is 6. The summed E-state index contributed by atoms with van der Waals surface area (Å²) in [5.41, 5.74) is 0.637. The van der Waals surface area contributed by atoms with Crippen molar-refractivity contribution in [2.45, 2.75) is 38.5 Å². The lowest BCUT2D eigenvalue weighted by Gasteiger charge is -2.26. The molecule has 0 unspecified atom stereocenters. The molecule has 1 amide bonds. The Balaban J connectivity index is 2.08. The Morgan fingerprint density at radius 1 is 1.22 bits per heavy atom. The fraction of sp³-hybridized carbons (Fsp3) is 0.562. The van der Waals surface area contributed by atoms with E-state index in [0.29, 0.717) is 23.7 Å². The number of carbonyl (C=O) groups excluding carboxylic acids is 1. The summed E-state index contributed by atoms with van der Waals surface area (Å²) in [6.45, 7) is 5.12. The van der Waals surface area contributed by atoms with Crippen LogP contribution in [-0.4, -0.2) is 38.4 Å². The van der Waals surface area contributed by atoms with Crippen LogP contribution in [0.5, 0.6) is 0 Å². The number of benzene rings is 1. The number of amides is 1. The Morgan fingerprint density at radius 3 is 2.30 bits per heavy atom. The molecule has 0 spiro atoms. The number of halogens is 1. The van der Waals surface area contributed by atoms with Gasteiger partial charge >= 0.3 is 0 Å². The molecular weight excluding hydrogens is 336 g/mol. The molecule has 1 heterocycles. The lowest BCUT2D eigenvalue weighted by atomic mass is 10.0. The molecule has 0 bridgehead atoms. The largest absolute Gasteiger partial charge is 0.341 e.